The molecule has 2 heteroatoms. The van der Waals surface area contributed by atoms with Gasteiger partial charge in [-0.25, -0.2) is 0 Å². The van der Waals surface area contributed by atoms with Crippen molar-refractivity contribution in [1.29, 1.82) is 0 Å². The topological polar surface area (TPSA) is 0 Å². The maximum absolute atomic E-state index is 3.75. The van der Waals surface area contributed by atoms with Gasteiger partial charge in [0, 0.05) is 6.42 Å². The van der Waals surface area contributed by atoms with Gasteiger partial charge in [0.2, 0.25) is 0 Å². The maximum atomic E-state index is 3.75. The Kier molecular flexibility index (Phi) is 2.49. The fourth-order valence-electron chi connectivity index (χ4n) is 0.615. The van der Waals surface area contributed by atoms with Crippen LogP contribution in [-0.4, -0.2) is 0 Å². The molecule has 1 heterocycles. The summed E-state index contributed by atoms with van der Waals surface area (Å²) < 4.78 is 1.04. The number of halogens is 1. The van der Waals surface area contributed by atoms with Crippen LogP contribution in [0.2, 0.25) is 0 Å². The largest absolute Gasteiger partial charge is 0.152 e. The van der Waals surface area contributed by atoms with Crippen LogP contribution in [0.4, 0.5) is 0 Å². The molecule has 0 saturated carbocycles. The van der Waals surface area contributed by atoms with Crippen LogP contribution in [0.3, 0.4) is 0 Å². The molecule has 0 amide bonds. The zero-order valence-corrected chi connectivity index (χ0v) is 7.33. The Morgan fingerprint density at radius 2 is 2.56 bits per heavy atom. The molecular formula is C7H7BrS. The van der Waals surface area contributed by atoms with Crippen molar-refractivity contribution in [1.82, 2.24) is 0 Å². The number of rotatable bonds is 2. The highest BCUT2D eigenvalue weighted by molar-refractivity contribution is 9.11. The Labute approximate surface area is 67.3 Å². The predicted molar refractivity (Wildman–Crippen MR) is 46.1 cm³/mol. The minimum Gasteiger partial charge on any atom is -0.152 e. The Bertz CT molecular complexity index is 189. The fourth-order valence-corrected chi connectivity index (χ4v) is 1.61. The normalized spacial score (nSPS) is 9.44. The summed E-state index contributed by atoms with van der Waals surface area (Å²) >= 11 is 5.03. The molecule has 1 aromatic heterocycles. The first kappa shape index (κ1) is 7.03. The molecule has 1 rings (SSSR count). The molecule has 0 fully saturated rings. The van der Waals surface area contributed by atoms with Gasteiger partial charge in [-0.05, 0) is 26.9 Å². The smallest absolute Gasteiger partial charge is 0.00429 e. The average molecular weight is 203 g/mol. The minimum absolute atomic E-state index is 0.948. The highest BCUT2D eigenvalue weighted by Gasteiger charge is 1.91. The predicted octanol–water partition coefficient (Wildman–Crippen LogP) is 3.20. The molecule has 9 heavy (non-hydrogen) atoms. The van der Waals surface area contributed by atoms with Crippen LogP contribution >= 0.6 is 27.3 Å². The van der Waals surface area contributed by atoms with E-state index in [-0.39, 0.29) is 0 Å². The summed E-state index contributed by atoms with van der Waals surface area (Å²) in [6, 6.07) is 2.11. The molecule has 0 unspecified atom stereocenters. The second-order valence-electron chi connectivity index (χ2n) is 1.83. The van der Waals surface area contributed by atoms with Gasteiger partial charge < -0.3 is 0 Å². The average Bonchev–Trinajstić information content (AvgIpc) is 2.15. The van der Waals surface area contributed by atoms with Gasteiger partial charge in [0.05, 0.1) is 0 Å². The third kappa shape index (κ3) is 2.33. The first-order valence-corrected chi connectivity index (χ1v) is 4.37. The first-order chi connectivity index (χ1) is 4.29. The summed E-state index contributed by atoms with van der Waals surface area (Å²) in [5.74, 6) is 0. The molecule has 0 nitrogen and oxygen atoms in total. The van der Waals surface area contributed by atoms with Crippen LogP contribution < -0.4 is 0 Å². The van der Waals surface area contributed by atoms with Crippen LogP contribution in [0.25, 0.3) is 0 Å². The summed E-state index contributed by atoms with van der Waals surface area (Å²) in [5, 5.41) is 4.21. The molecule has 0 aliphatic rings. The van der Waals surface area contributed by atoms with E-state index in [1.54, 1.807) is 11.3 Å². The van der Waals surface area contributed by atoms with Crippen molar-refractivity contribution in [3.8, 4) is 0 Å². The van der Waals surface area contributed by atoms with Gasteiger partial charge in [-0.2, -0.15) is 11.3 Å². The second-order valence-corrected chi connectivity index (χ2v) is 3.73. The molecule has 0 N–H and O–H groups in total. The van der Waals surface area contributed by atoms with Crippen molar-refractivity contribution in [2.45, 2.75) is 6.42 Å². The number of allylic oxidation sites excluding steroid dienone is 1. The van der Waals surface area contributed by atoms with Gasteiger partial charge in [-0.3, -0.25) is 0 Å². The van der Waals surface area contributed by atoms with E-state index in [2.05, 4.69) is 39.3 Å². The molecule has 0 bridgehead atoms. The van der Waals surface area contributed by atoms with E-state index in [0.717, 1.165) is 10.9 Å². The Morgan fingerprint density at radius 3 is 3.00 bits per heavy atom. The van der Waals surface area contributed by atoms with Crippen LogP contribution in [-0.2, 0) is 6.42 Å². The molecule has 0 aliphatic heterocycles. The third-order valence-electron chi connectivity index (χ3n) is 0.976. The van der Waals surface area contributed by atoms with Gasteiger partial charge >= 0.3 is 0 Å². The van der Waals surface area contributed by atoms with E-state index in [1.807, 2.05) is 0 Å². The monoisotopic (exact) mass is 202 g/mol. The van der Waals surface area contributed by atoms with Crippen molar-refractivity contribution in [3.63, 3.8) is 0 Å². The van der Waals surface area contributed by atoms with Crippen LogP contribution in [0.5, 0.6) is 0 Å². The standard InChI is InChI=1S/C7H7BrS/c1-6(8)4-7-2-3-9-5-7/h2-3,5H,1,4H2. The zero-order chi connectivity index (χ0) is 6.69. The quantitative estimate of drug-likeness (QED) is 0.692. The molecule has 48 valence electrons. The summed E-state index contributed by atoms with van der Waals surface area (Å²) in [7, 11) is 0. The van der Waals surface area contributed by atoms with Crippen molar-refractivity contribution in [2.24, 2.45) is 0 Å². The van der Waals surface area contributed by atoms with Crippen molar-refractivity contribution in [2.75, 3.05) is 0 Å². The lowest BCUT2D eigenvalue weighted by Crippen LogP contribution is -1.75. The molecule has 0 spiro atoms. The number of hydrogen-bond donors (Lipinski definition) is 0. The van der Waals surface area contributed by atoms with Crippen LogP contribution in [0.15, 0.2) is 27.9 Å². The van der Waals surface area contributed by atoms with Gasteiger partial charge in [0.15, 0.2) is 0 Å². The second kappa shape index (κ2) is 3.18. The summed E-state index contributed by atoms with van der Waals surface area (Å²) in [6.07, 6.45) is 0.948. The molecule has 0 atom stereocenters. The van der Waals surface area contributed by atoms with E-state index in [4.69, 9.17) is 0 Å². The van der Waals surface area contributed by atoms with Gasteiger partial charge in [0.25, 0.3) is 0 Å². The lowest BCUT2D eigenvalue weighted by Gasteiger charge is -1.89. The maximum Gasteiger partial charge on any atom is 0.00429 e. The SMILES string of the molecule is C=C(Br)Cc1ccsc1. The van der Waals surface area contributed by atoms with Gasteiger partial charge in [-0.15, -0.1) is 0 Å². The summed E-state index contributed by atoms with van der Waals surface area (Å²) in [6.45, 7) is 3.75. The first-order valence-electron chi connectivity index (χ1n) is 2.63. The van der Waals surface area contributed by atoms with Gasteiger partial charge in [-0.1, -0.05) is 22.5 Å². The summed E-state index contributed by atoms with van der Waals surface area (Å²) in [4.78, 5) is 0. The highest BCUT2D eigenvalue weighted by Crippen LogP contribution is 2.13. The van der Waals surface area contributed by atoms with Crippen molar-refractivity contribution >= 4 is 27.3 Å². The van der Waals surface area contributed by atoms with E-state index >= 15 is 0 Å². The lowest BCUT2D eigenvalue weighted by atomic mass is 10.2. The number of hydrogen-bond acceptors (Lipinski definition) is 1. The molecule has 0 aliphatic carbocycles. The highest BCUT2D eigenvalue weighted by atomic mass is 79.9. The Hall–Kier alpha value is -0.0800. The molecule has 0 saturated heterocycles. The van der Waals surface area contributed by atoms with Crippen LogP contribution in [0.1, 0.15) is 5.56 Å². The molecule has 0 aromatic carbocycles. The Morgan fingerprint density at radius 1 is 1.78 bits per heavy atom. The molecule has 1 aromatic rings. The van der Waals surface area contributed by atoms with Crippen molar-refractivity contribution in [3.05, 3.63) is 33.5 Å². The van der Waals surface area contributed by atoms with E-state index in [0.29, 0.717) is 0 Å². The van der Waals surface area contributed by atoms with E-state index in [9.17, 15) is 0 Å². The van der Waals surface area contributed by atoms with Crippen LogP contribution in [0, 0.1) is 0 Å². The lowest BCUT2D eigenvalue weighted by molar-refractivity contribution is 1.29. The Balaban J connectivity index is 2.58. The minimum atomic E-state index is 0.948. The fraction of sp³-hybridized carbons (Fsp3) is 0.143. The van der Waals surface area contributed by atoms with E-state index < -0.39 is 0 Å². The number of thiophene rings is 1. The molecule has 0 radical (unpaired) electrons. The molecular weight excluding hydrogens is 196 g/mol. The zero-order valence-electron chi connectivity index (χ0n) is 4.93. The van der Waals surface area contributed by atoms with Gasteiger partial charge in [0.1, 0.15) is 0 Å². The van der Waals surface area contributed by atoms with E-state index in [1.165, 1.54) is 5.56 Å². The van der Waals surface area contributed by atoms with Crippen molar-refractivity contribution < 1.29 is 0 Å². The summed E-state index contributed by atoms with van der Waals surface area (Å²) in [5.41, 5.74) is 1.34. The third-order valence-corrected chi connectivity index (χ3v) is 1.99.